The number of amides is 1. The number of ether oxygens (including phenoxy) is 1. The quantitative estimate of drug-likeness (QED) is 0.616. The van der Waals surface area contributed by atoms with Crippen molar-refractivity contribution in [2.45, 2.75) is 13.0 Å². The largest absolute Gasteiger partial charge is 0.383 e. The Labute approximate surface area is 109 Å². The predicted octanol–water partition coefficient (Wildman–Crippen LogP) is 1.41. The molecule has 0 aliphatic carbocycles. The Morgan fingerprint density at radius 2 is 2.35 bits per heavy atom. The van der Waals surface area contributed by atoms with Gasteiger partial charge in [-0.25, -0.2) is 4.98 Å². The molecule has 1 heterocycles. The van der Waals surface area contributed by atoms with E-state index in [4.69, 9.17) is 4.74 Å². The molecule has 5 nitrogen and oxygen atoms in total. The molecule has 17 heavy (non-hydrogen) atoms. The Morgan fingerprint density at radius 3 is 3.00 bits per heavy atom. The zero-order valence-corrected chi connectivity index (χ0v) is 11.5. The van der Waals surface area contributed by atoms with Crippen LogP contribution in [0.4, 0.5) is 5.82 Å². The van der Waals surface area contributed by atoms with E-state index < -0.39 is 0 Å². The van der Waals surface area contributed by atoms with Crippen molar-refractivity contribution >= 4 is 27.7 Å². The molecule has 0 saturated carbocycles. The summed E-state index contributed by atoms with van der Waals surface area (Å²) in [6, 6.07) is 5.15. The number of halogens is 1. The molecular weight excluding hydrogens is 286 g/mol. The van der Waals surface area contributed by atoms with E-state index in [0.717, 1.165) is 4.60 Å². The van der Waals surface area contributed by atoms with E-state index in [9.17, 15) is 4.79 Å². The molecule has 1 aromatic heterocycles. The molecule has 1 rings (SSSR count). The van der Waals surface area contributed by atoms with E-state index in [1.807, 2.05) is 18.2 Å². The van der Waals surface area contributed by atoms with E-state index in [1.54, 1.807) is 14.0 Å². The van der Waals surface area contributed by atoms with Crippen LogP contribution in [0.15, 0.2) is 22.8 Å². The van der Waals surface area contributed by atoms with Gasteiger partial charge in [0.05, 0.1) is 6.61 Å². The van der Waals surface area contributed by atoms with E-state index >= 15 is 0 Å². The van der Waals surface area contributed by atoms with Crippen LogP contribution >= 0.6 is 15.9 Å². The summed E-state index contributed by atoms with van der Waals surface area (Å²) in [6.45, 7) is 2.80. The Hall–Kier alpha value is -1.14. The number of hydrogen-bond acceptors (Lipinski definition) is 4. The highest BCUT2D eigenvalue weighted by atomic mass is 79.9. The van der Waals surface area contributed by atoms with Gasteiger partial charge < -0.3 is 15.4 Å². The lowest BCUT2D eigenvalue weighted by Gasteiger charge is -2.14. The van der Waals surface area contributed by atoms with Gasteiger partial charge in [-0.3, -0.25) is 4.79 Å². The molecule has 1 unspecified atom stereocenters. The molecular formula is C11H16BrN3O2. The Morgan fingerprint density at radius 1 is 1.59 bits per heavy atom. The highest BCUT2D eigenvalue weighted by Gasteiger charge is 2.12. The van der Waals surface area contributed by atoms with Gasteiger partial charge in [0.1, 0.15) is 16.5 Å². The SMILES string of the molecule is COCCNC(=O)C(C)Nc1cccc(Br)n1. The Bertz CT molecular complexity index is 373. The minimum absolute atomic E-state index is 0.0798. The summed E-state index contributed by atoms with van der Waals surface area (Å²) in [6.07, 6.45) is 0. The summed E-state index contributed by atoms with van der Waals surface area (Å²) in [5, 5.41) is 5.77. The summed E-state index contributed by atoms with van der Waals surface area (Å²) < 4.78 is 5.58. The highest BCUT2D eigenvalue weighted by molar-refractivity contribution is 9.10. The monoisotopic (exact) mass is 301 g/mol. The van der Waals surface area contributed by atoms with Crippen molar-refractivity contribution in [2.24, 2.45) is 0 Å². The number of nitrogens with one attached hydrogen (secondary N) is 2. The van der Waals surface area contributed by atoms with Crippen molar-refractivity contribution in [3.05, 3.63) is 22.8 Å². The van der Waals surface area contributed by atoms with Crippen LogP contribution in [0.1, 0.15) is 6.92 Å². The third kappa shape index (κ3) is 5.14. The van der Waals surface area contributed by atoms with Gasteiger partial charge >= 0.3 is 0 Å². The molecule has 1 atom stereocenters. The van der Waals surface area contributed by atoms with Gasteiger partial charge in [0.15, 0.2) is 0 Å². The number of carbonyl (C=O) groups excluding carboxylic acids is 1. The number of carbonyl (C=O) groups is 1. The first-order valence-electron chi connectivity index (χ1n) is 5.29. The molecule has 1 amide bonds. The van der Waals surface area contributed by atoms with Crippen molar-refractivity contribution in [3.63, 3.8) is 0 Å². The van der Waals surface area contributed by atoms with E-state index in [2.05, 4.69) is 31.5 Å². The van der Waals surface area contributed by atoms with Crippen molar-refractivity contribution in [2.75, 3.05) is 25.6 Å². The topological polar surface area (TPSA) is 63.2 Å². The summed E-state index contributed by atoms with van der Waals surface area (Å²) in [7, 11) is 1.60. The molecule has 0 aliphatic heterocycles. The standard InChI is InChI=1S/C11H16BrN3O2/c1-8(11(16)13-6-7-17-2)14-10-5-3-4-9(12)15-10/h3-5,8H,6-7H2,1-2H3,(H,13,16)(H,14,15). The molecule has 6 heteroatoms. The lowest BCUT2D eigenvalue weighted by Crippen LogP contribution is -2.39. The maximum absolute atomic E-state index is 11.6. The second kappa shape index (κ2) is 7.24. The van der Waals surface area contributed by atoms with E-state index in [-0.39, 0.29) is 11.9 Å². The highest BCUT2D eigenvalue weighted by Crippen LogP contribution is 2.10. The van der Waals surface area contributed by atoms with Crippen LogP contribution < -0.4 is 10.6 Å². The molecule has 0 fully saturated rings. The number of nitrogens with zero attached hydrogens (tertiary/aromatic N) is 1. The summed E-state index contributed by atoms with van der Waals surface area (Å²) in [5.74, 6) is 0.581. The third-order valence-corrected chi connectivity index (χ3v) is 2.52. The molecule has 0 bridgehead atoms. The molecule has 0 aromatic carbocycles. The molecule has 0 aliphatic rings. The number of aromatic nitrogens is 1. The summed E-state index contributed by atoms with van der Waals surface area (Å²) in [4.78, 5) is 15.8. The van der Waals surface area contributed by atoms with Crippen LogP contribution in [0, 0.1) is 0 Å². The van der Waals surface area contributed by atoms with E-state index in [1.165, 1.54) is 0 Å². The number of rotatable bonds is 6. The molecule has 0 radical (unpaired) electrons. The molecule has 94 valence electrons. The van der Waals surface area contributed by atoms with Gasteiger partial charge in [-0.1, -0.05) is 6.07 Å². The summed E-state index contributed by atoms with van der Waals surface area (Å²) in [5.41, 5.74) is 0. The van der Waals surface area contributed by atoms with Crippen molar-refractivity contribution in [1.29, 1.82) is 0 Å². The average Bonchev–Trinajstić information content (AvgIpc) is 2.29. The zero-order valence-electron chi connectivity index (χ0n) is 9.87. The minimum Gasteiger partial charge on any atom is -0.383 e. The fraction of sp³-hybridized carbons (Fsp3) is 0.455. The Kier molecular flexibility index (Phi) is 5.93. The van der Waals surface area contributed by atoms with Crippen LogP contribution in [-0.2, 0) is 9.53 Å². The third-order valence-electron chi connectivity index (χ3n) is 2.08. The van der Waals surface area contributed by atoms with Gasteiger partial charge in [-0.05, 0) is 35.0 Å². The van der Waals surface area contributed by atoms with Crippen LogP contribution in [0.2, 0.25) is 0 Å². The fourth-order valence-electron chi connectivity index (χ4n) is 1.21. The first-order chi connectivity index (χ1) is 8.13. The number of hydrogen-bond donors (Lipinski definition) is 2. The molecule has 1 aromatic rings. The minimum atomic E-state index is -0.339. The molecule has 0 spiro atoms. The van der Waals surface area contributed by atoms with Crippen LogP contribution in [0.3, 0.4) is 0 Å². The zero-order chi connectivity index (χ0) is 12.7. The molecule has 2 N–H and O–H groups in total. The number of pyridine rings is 1. The average molecular weight is 302 g/mol. The predicted molar refractivity (Wildman–Crippen MR) is 69.9 cm³/mol. The van der Waals surface area contributed by atoms with Crippen LogP contribution in [0.5, 0.6) is 0 Å². The van der Waals surface area contributed by atoms with Gasteiger partial charge in [0.25, 0.3) is 0 Å². The molecule has 0 saturated heterocycles. The van der Waals surface area contributed by atoms with Gasteiger partial charge in [-0.2, -0.15) is 0 Å². The van der Waals surface area contributed by atoms with Gasteiger partial charge in [0, 0.05) is 13.7 Å². The fourth-order valence-corrected chi connectivity index (χ4v) is 1.55. The second-order valence-electron chi connectivity index (χ2n) is 3.50. The van der Waals surface area contributed by atoms with Gasteiger partial charge in [-0.15, -0.1) is 0 Å². The number of methoxy groups -OCH3 is 1. The summed E-state index contributed by atoms with van der Waals surface area (Å²) >= 11 is 3.27. The maximum Gasteiger partial charge on any atom is 0.242 e. The smallest absolute Gasteiger partial charge is 0.242 e. The number of anilines is 1. The second-order valence-corrected chi connectivity index (χ2v) is 4.31. The van der Waals surface area contributed by atoms with Crippen LogP contribution in [0.25, 0.3) is 0 Å². The maximum atomic E-state index is 11.6. The first-order valence-corrected chi connectivity index (χ1v) is 6.08. The van der Waals surface area contributed by atoms with Crippen LogP contribution in [-0.4, -0.2) is 37.2 Å². The van der Waals surface area contributed by atoms with Crippen molar-refractivity contribution in [1.82, 2.24) is 10.3 Å². The first kappa shape index (κ1) is 13.9. The lowest BCUT2D eigenvalue weighted by atomic mass is 10.3. The normalized spacial score (nSPS) is 11.9. The van der Waals surface area contributed by atoms with Crippen molar-refractivity contribution in [3.8, 4) is 0 Å². The lowest BCUT2D eigenvalue weighted by molar-refractivity contribution is -0.121. The van der Waals surface area contributed by atoms with Gasteiger partial charge in [0.2, 0.25) is 5.91 Å². The Balaban J connectivity index is 2.43. The van der Waals surface area contributed by atoms with E-state index in [0.29, 0.717) is 19.0 Å². The van der Waals surface area contributed by atoms with Crippen molar-refractivity contribution < 1.29 is 9.53 Å².